The van der Waals surface area contributed by atoms with Crippen molar-refractivity contribution in [2.45, 2.75) is 26.1 Å². The molecule has 4 rings (SSSR count). The van der Waals surface area contributed by atoms with Crippen molar-refractivity contribution in [2.75, 3.05) is 26.4 Å². The maximum absolute atomic E-state index is 13.3. The number of ether oxygens (including phenoxy) is 6. The Kier molecular flexibility index (Phi) is 7.69. The van der Waals surface area contributed by atoms with E-state index in [1.165, 1.54) is 24.3 Å². The molecule has 10 heteroatoms. The van der Waals surface area contributed by atoms with Crippen molar-refractivity contribution in [3.63, 3.8) is 0 Å². The molecule has 0 spiro atoms. The molecule has 172 valence electrons. The van der Waals surface area contributed by atoms with Crippen LogP contribution in [0.15, 0.2) is 36.4 Å². The fraction of sp³-hybridized carbons (Fsp3) is 0.364. The van der Waals surface area contributed by atoms with Gasteiger partial charge in [0.1, 0.15) is 13.2 Å². The summed E-state index contributed by atoms with van der Waals surface area (Å²) in [5, 5.41) is 0. The lowest BCUT2D eigenvalue weighted by Gasteiger charge is -2.25. The predicted molar refractivity (Wildman–Crippen MR) is 106 cm³/mol. The van der Waals surface area contributed by atoms with Crippen LogP contribution in [0.1, 0.15) is 13.8 Å². The number of hydrogen-bond acceptors (Lipinski definition) is 8. The van der Waals surface area contributed by atoms with Gasteiger partial charge in [0.05, 0.1) is 13.2 Å². The second-order valence-electron chi connectivity index (χ2n) is 6.47. The summed E-state index contributed by atoms with van der Waals surface area (Å²) in [5.74, 6) is -1.56. The molecule has 2 aliphatic heterocycles. The number of carbonyl (C=O) groups is 2. The predicted octanol–water partition coefficient (Wildman–Crippen LogP) is 3.06. The van der Waals surface area contributed by atoms with Crippen LogP contribution in [0.3, 0.4) is 0 Å². The fourth-order valence-electron chi connectivity index (χ4n) is 2.83. The number of esters is 2. The van der Waals surface area contributed by atoms with Gasteiger partial charge in [-0.3, -0.25) is 0 Å². The van der Waals surface area contributed by atoms with E-state index in [0.717, 1.165) is 0 Å². The molecule has 8 nitrogen and oxygen atoms in total. The van der Waals surface area contributed by atoms with Crippen LogP contribution in [0.4, 0.5) is 8.78 Å². The first-order chi connectivity index (χ1) is 15.4. The number of rotatable bonds is 4. The van der Waals surface area contributed by atoms with Crippen LogP contribution in [0.25, 0.3) is 0 Å². The topological polar surface area (TPSA) is 89.5 Å². The summed E-state index contributed by atoms with van der Waals surface area (Å²) in [6.45, 7) is 3.92. The van der Waals surface area contributed by atoms with E-state index < -0.39 is 35.8 Å². The molecule has 2 aromatic carbocycles. The number of halogens is 2. The Balaban J connectivity index is 0.000000181. The van der Waals surface area contributed by atoms with Crippen LogP contribution in [0, 0.1) is 11.6 Å². The average molecular weight is 452 g/mol. The van der Waals surface area contributed by atoms with E-state index in [4.69, 9.17) is 28.4 Å². The maximum atomic E-state index is 13.3. The van der Waals surface area contributed by atoms with Gasteiger partial charge < -0.3 is 28.4 Å². The van der Waals surface area contributed by atoms with E-state index in [1.807, 2.05) is 0 Å². The summed E-state index contributed by atoms with van der Waals surface area (Å²) in [5.41, 5.74) is 0. The minimum absolute atomic E-state index is 0.0350. The summed E-state index contributed by atoms with van der Waals surface area (Å²) < 4.78 is 57.0. The maximum Gasteiger partial charge on any atom is 0.350 e. The normalized spacial score (nSPS) is 18.0. The van der Waals surface area contributed by atoms with E-state index >= 15 is 0 Å². The fourth-order valence-corrected chi connectivity index (χ4v) is 2.83. The van der Waals surface area contributed by atoms with Crippen LogP contribution >= 0.6 is 0 Å². The first kappa shape index (κ1) is 23.1. The summed E-state index contributed by atoms with van der Waals surface area (Å²) in [7, 11) is 0. The van der Waals surface area contributed by atoms with Gasteiger partial charge in [-0.25, -0.2) is 18.4 Å². The molecule has 0 bridgehead atoms. The molecule has 0 N–H and O–H groups in total. The molecule has 2 atom stereocenters. The molecule has 0 fully saturated rings. The van der Waals surface area contributed by atoms with Gasteiger partial charge in [-0.2, -0.15) is 0 Å². The van der Waals surface area contributed by atoms with Crippen LogP contribution in [-0.2, 0) is 19.1 Å². The van der Waals surface area contributed by atoms with Crippen molar-refractivity contribution >= 4 is 11.9 Å². The van der Waals surface area contributed by atoms with Gasteiger partial charge in [-0.1, -0.05) is 12.1 Å². The second kappa shape index (κ2) is 10.7. The van der Waals surface area contributed by atoms with E-state index in [2.05, 4.69) is 0 Å². The summed E-state index contributed by atoms with van der Waals surface area (Å²) in [6, 6.07) is 8.65. The summed E-state index contributed by atoms with van der Waals surface area (Å²) in [4.78, 5) is 22.7. The molecule has 2 unspecified atom stereocenters. The molecule has 0 aliphatic carbocycles. The third kappa shape index (κ3) is 5.37. The third-order valence-corrected chi connectivity index (χ3v) is 4.26. The van der Waals surface area contributed by atoms with E-state index in [-0.39, 0.29) is 43.7 Å². The van der Waals surface area contributed by atoms with E-state index in [1.54, 1.807) is 26.0 Å². The minimum atomic E-state index is -0.899. The Hall–Kier alpha value is -3.56. The highest BCUT2D eigenvalue weighted by atomic mass is 19.1. The highest BCUT2D eigenvalue weighted by Crippen LogP contribution is 2.35. The first-order valence-electron chi connectivity index (χ1n) is 9.93. The first-order valence-corrected chi connectivity index (χ1v) is 9.93. The van der Waals surface area contributed by atoms with Gasteiger partial charge in [0.25, 0.3) is 0 Å². The number of hydrogen-bond donors (Lipinski definition) is 0. The average Bonchev–Trinajstić information content (AvgIpc) is 2.80. The van der Waals surface area contributed by atoms with Crippen LogP contribution < -0.4 is 18.9 Å². The molecule has 32 heavy (non-hydrogen) atoms. The van der Waals surface area contributed by atoms with E-state index in [0.29, 0.717) is 5.75 Å². The minimum Gasteiger partial charge on any atom is -0.485 e. The standard InChI is InChI=1S/2C11H11FO4/c1-2-14-11(13)9-6-15-10-7(12)4-3-5-8(10)16-9;1-2-14-11(13)9-6-15-8-5-3-4-7(12)10(8)16-9/h2*3-5,9H,2,6H2,1H3. The highest BCUT2D eigenvalue weighted by Gasteiger charge is 2.31. The largest absolute Gasteiger partial charge is 0.485 e. The zero-order chi connectivity index (χ0) is 23.1. The Morgan fingerprint density at radius 1 is 0.812 bits per heavy atom. The monoisotopic (exact) mass is 452 g/mol. The van der Waals surface area contributed by atoms with Crippen molar-refractivity contribution in [2.24, 2.45) is 0 Å². The number of fused-ring (bicyclic) bond motifs is 2. The molecule has 0 amide bonds. The SMILES string of the molecule is CCOC(=O)C1COc2c(F)cccc2O1.CCOC(=O)C1COc2cccc(F)c2O1. The Morgan fingerprint density at radius 2 is 1.34 bits per heavy atom. The Labute approximate surface area is 182 Å². The summed E-state index contributed by atoms with van der Waals surface area (Å²) >= 11 is 0. The van der Waals surface area contributed by atoms with Gasteiger partial charge in [0.15, 0.2) is 34.6 Å². The lowest BCUT2D eigenvalue weighted by Crippen LogP contribution is -2.38. The van der Waals surface area contributed by atoms with Gasteiger partial charge >= 0.3 is 11.9 Å². The van der Waals surface area contributed by atoms with Crippen molar-refractivity contribution in [1.82, 2.24) is 0 Å². The lowest BCUT2D eigenvalue weighted by molar-refractivity contribution is -0.154. The third-order valence-electron chi connectivity index (χ3n) is 4.26. The zero-order valence-corrected chi connectivity index (χ0v) is 17.5. The van der Waals surface area contributed by atoms with Crippen molar-refractivity contribution in [3.8, 4) is 23.0 Å². The van der Waals surface area contributed by atoms with Gasteiger partial charge in [0, 0.05) is 0 Å². The van der Waals surface area contributed by atoms with Crippen molar-refractivity contribution < 1.29 is 46.8 Å². The number of para-hydroxylation sites is 2. The van der Waals surface area contributed by atoms with Crippen LogP contribution in [0.5, 0.6) is 23.0 Å². The zero-order valence-electron chi connectivity index (χ0n) is 17.5. The van der Waals surface area contributed by atoms with Gasteiger partial charge in [-0.15, -0.1) is 0 Å². The molecule has 2 aromatic rings. The lowest BCUT2D eigenvalue weighted by atomic mass is 10.2. The molecule has 0 saturated heterocycles. The second-order valence-corrected chi connectivity index (χ2v) is 6.47. The molecule has 0 radical (unpaired) electrons. The summed E-state index contributed by atoms with van der Waals surface area (Å²) in [6.07, 6.45) is -1.72. The van der Waals surface area contributed by atoms with Crippen molar-refractivity contribution in [3.05, 3.63) is 48.0 Å². The smallest absolute Gasteiger partial charge is 0.350 e. The van der Waals surface area contributed by atoms with Crippen LogP contribution in [0.2, 0.25) is 0 Å². The molecule has 2 aliphatic rings. The van der Waals surface area contributed by atoms with Gasteiger partial charge in [0.2, 0.25) is 12.2 Å². The quantitative estimate of drug-likeness (QED) is 0.654. The molecular weight excluding hydrogens is 430 g/mol. The molecular formula is C22H22F2O8. The Bertz CT molecular complexity index is 965. The Morgan fingerprint density at radius 3 is 1.97 bits per heavy atom. The molecule has 0 aromatic heterocycles. The highest BCUT2D eigenvalue weighted by molar-refractivity contribution is 5.76. The van der Waals surface area contributed by atoms with Gasteiger partial charge in [-0.05, 0) is 38.1 Å². The molecule has 0 saturated carbocycles. The van der Waals surface area contributed by atoms with Crippen molar-refractivity contribution in [1.29, 1.82) is 0 Å². The number of carbonyl (C=O) groups excluding carboxylic acids is 2. The molecule has 2 heterocycles. The van der Waals surface area contributed by atoms with E-state index in [9.17, 15) is 18.4 Å². The van der Waals surface area contributed by atoms with Crippen LogP contribution in [-0.4, -0.2) is 50.6 Å². The number of benzene rings is 2.